The van der Waals surface area contributed by atoms with Crippen molar-refractivity contribution in [3.05, 3.63) is 86.2 Å². The molecule has 0 fully saturated rings. The van der Waals surface area contributed by atoms with E-state index in [1.807, 2.05) is 18.5 Å². The van der Waals surface area contributed by atoms with Gasteiger partial charge in [-0.25, -0.2) is 9.98 Å². The molecule has 0 unspecified atom stereocenters. The third-order valence-electron chi connectivity index (χ3n) is 4.62. The maximum Gasteiger partial charge on any atom is 0.250 e. The standard InChI is InChI=1S/C23H29N5OS.HI/c1-3-20-16-26-21(30-20)12-13-25-23(24-4-2)27-15-18-8-10-19(11-9-18)17-28-14-6-5-7-22(28)29;/h5-11,14,16H,3-4,12-13,15,17H2,1-2H3,(H2,24,25,27);1H. The van der Waals surface area contributed by atoms with E-state index in [0.717, 1.165) is 48.0 Å². The molecule has 3 aromatic rings. The van der Waals surface area contributed by atoms with Gasteiger partial charge in [-0.2, -0.15) is 0 Å². The summed E-state index contributed by atoms with van der Waals surface area (Å²) in [7, 11) is 0. The summed E-state index contributed by atoms with van der Waals surface area (Å²) in [5.74, 6) is 0.810. The second kappa shape index (κ2) is 13.3. The molecule has 2 N–H and O–H groups in total. The summed E-state index contributed by atoms with van der Waals surface area (Å²) in [5.41, 5.74) is 2.23. The number of hydrogen-bond acceptors (Lipinski definition) is 4. The van der Waals surface area contributed by atoms with Crippen LogP contribution in [0.15, 0.2) is 64.6 Å². The van der Waals surface area contributed by atoms with E-state index in [4.69, 9.17) is 0 Å². The molecule has 0 aliphatic carbocycles. The van der Waals surface area contributed by atoms with Gasteiger partial charge in [0.2, 0.25) is 0 Å². The molecule has 3 rings (SSSR count). The largest absolute Gasteiger partial charge is 0.357 e. The van der Waals surface area contributed by atoms with Crippen molar-refractivity contribution in [2.24, 2.45) is 4.99 Å². The number of guanidine groups is 1. The molecule has 2 heterocycles. The molecule has 0 radical (unpaired) electrons. The minimum absolute atomic E-state index is 0. The Morgan fingerprint density at radius 3 is 2.55 bits per heavy atom. The summed E-state index contributed by atoms with van der Waals surface area (Å²) >= 11 is 1.78. The summed E-state index contributed by atoms with van der Waals surface area (Å²) in [6.45, 7) is 6.99. The summed E-state index contributed by atoms with van der Waals surface area (Å²) in [6, 6.07) is 13.5. The predicted octanol–water partition coefficient (Wildman–Crippen LogP) is 3.83. The van der Waals surface area contributed by atoms with E-state index >= 15 is 0 Å². The molecule has 6 nitrogen and oxygen atoms in total. The van der Waals surface area contributed by atoms with Gasteiger partial charge in [0.15, 0.2) is 5.96 Å². The summed E-state index contributed by atoms with van der Waals surface area (Å²) in [6.07, 6.45) is 5.71. The lowest BCUT2D eigenvalue weighted by Crippen LogP contribution is -2.38. The highest BCUT2D eigenvalue weighted by Crippen LogP contribution is 2.13. The number of rotatable bonds is 9. The quantitative estimate of drug-likeness (QED) is 0.241. The van der Waals surface area contributed by atoms with Gasteiger partial charge >= 0.3 is 0 Å². The van der Waals surface area contributed by atoms with Gasteiger partial charge in [0.1, 0.15) is 0 Å². The fraction of sp³-hybridized carbons (Fsp3) is 0.348. The van der Waals surface area contributed by atoms with E-state index < -0.39 is 0 Å². The van der Waals surface area contributed by atoms with Gasteiger partial charge in [0.05, 0.1) is 18.1 Å². The number of nitrogens with one attached hydrogen (secondary N) is 2. The van der Waals surface area contributed by atoms with E-state index in [9.17, 15) is 4.79 Å². The highest BCUT2D eigenvalue weighted by Gasteiger charge is 2.03. The van der Waals surface area contributed by atoms with Crippen LogP contribution < -0.4 is 16.2 Å². The topological polar surface area (TPSA) is 71.3 Å². The van der Waals surface area contributed by atoms with Crippen molar-refractivity contribution in [3.63, 3.8) is 0 Å². The minimum Gasteiger partial charge on any atom is -0.357 e. The molecule has 8 heteroatoms. The smallest absolute Gasteiger partial charge is 0.250 e. The van der Waals surface area contributed by atoms with Gasteiger partial charge in [-0.15, -0.1) is 35.3 Å². The Kier molecular flexibility index (Phi) is 10.7. The van der Waals surface area contributed by atoms with Crippen LogP contribution in [0.3, 0.4) is 0 Å². The number of benzene rings is 1. The van der Waals surface area contributed by atoms with Gasteiger partial charge in [0.25, 0.3) is 5.56 Å². The van der Waals surface area contributed by atoms with Crippen LogP contribution in [0.1, 0.15) is 34.9 Å². The Balaban J connectivity index is 0.00000341. The van der Waals surface area contributed by atoms with Crippen LogP contribution in [0, 0.1) is 0 Å². The first-order chi connectivity index (χ1) is 14.7. The third kappa shape index (κ3) is 8.10. The fourth-order valence-electron chi connectivity index (χ4n) is 2.97. The maximum absolute atomic E-state index is 11.9. The van der Waals surface area contributed by atoms with Gasteiger partial charge in [-0.1, -0.05) is 37.3 Å². The number of aliphatic imine (C=N–C) groups is 1. The SMILES string of the molecule is CCNC(=NCc1ccc(Cn2ccccc2=O)cc1)NCCc1ncc(CC)s1.I. The van der Waals surface area contributed by atoms with Crippen LogP contribution in [-0.2, 0) is 25.9 Å². The molecule has 0 saturated heterocycles. The van der Waals surface area contributed by atoms with E-state index in [1.54, 1.807) is 28.0 Å². The summed E-state index contributed by atoms with van der Waals surface area (Å²) in [5, 5.41) is 7.83. The number of hydrogen-bond donors (Lipinski definition) is 2. The molecule has 1 aromatic carbocycles. The Morgan fingerprint density at radius 2 is 1.87 bits per heavy atom. The molecule has 0 amide bonds. The molecule has 166 valence electrons. The summed E-state index contributed by atoms with van der Waals surface area (Å²) < 4.78 is 1.70. The number of pyridine rings is 1. The van der Waals surface area contributed by atoms with E-state index in [2.05, 4.69) is 58.7 Å². The van der Waals surface area contributed by atoms with Crippen LogP contribution in [-0.4, -0.2) is 28.6 Å². The molecule has 0 aliphatic rings. The van der Waals surface area contributed by atoms with Crippen LogP contribution >= 0.6 is 35.3 Å². The number of nitrogens with zero attached hydrogens (tertiary/aromatic N) is 3. The van der Waals surface area contributed by atoms with E-state index in [1.165, 1.54) is 4.88 Å². The third-order valence-corrected chi connectivity index (χ3v) is 5.82. The molecule has 0 aliphatic heterocycles. The van der Waals surface area contributed by atoms with Crippen molar-refractivity contribution < 1.29 is 0 Å². The Hall–Kier alpha value is -2.20. The van der Waals surface area contributed by atoms with Crippen LogP contribution in [0.2, 0.25) is 0 Å². The van der Waals surface area contributed by atoms with Crippen molar-refractivity contribution in [1.82, 2.24) is 20.2 Å². The number of aryl methyl sites for hydroxylation is 1. The Bertz CT molecular complexity index is 1010. The highest BCUT2D eigenvalue weighted by atomic mass is 127. The average molecular weight is 551 g/mol. The lowest BCUT2D eigenvalue weighted by Gasteiger charge is -2.11. The zero-order valence-corrected chi connectivity index (χ0v) is 21.2. The molecule has 0 bridgehead atoms. The van der Waals surface area contributed by atoms with E-state index in [0.29, 0.717) is 13.1 Å². The molecule has 0 saturated carbocycles. The predicted molar refractivity (Wildman–Crippen MR) is 140 cm³/mol. The second-order valence-electron chi connectivity index (χ2n) is 6.93. The van der Waals surface area contributed by atoms with E-state index in [-0.39, 0.29) is 29.5 Å². The number of halogens is 1. The van der Waals surface area contributed by atoms with Gasteiger partial charge < -0.3 is 15.2 Å². The van der Waals surface area contributed by atoms with Crippen LogP contribution in [0.25, 0.3) is 0 Å². The molecule has 0 spiro atoms. The second-order valence-corrected chi connectivity index (χ2v) is 8.13. The average Bonchev–Trinajstić information content (AvgIpc) is 3.23. The van der Waals surface area contributed by atoms with Gasteiger partial charge in [0, 0.05) is 42.8 Å². The zero-order valence-electron chi connectivity index (χ0n) is 18.0. The fourth-order valence-corrected chi connectivity index (χ4v) is 3.83. The first kappa shape index (κ1) is 25.1. The molecular weight excluding hydrogens is 521 g/mol. The van der Waals surface area contributed by atoms with Gasteiger partial charge in [-0.05, 0) is 30.5 Å². The van der Waals surface area contributed by atoms with Crippen molar-refractivity contribution in [2.75, 3.05) is 13.1 Å². The van der Waals surface area contributed by atoms with Crippen molar-refractivity contribution in [2.45, 2.75) is 39.8 Å². The van der Waals surface area contributed by atoms with Crippen molar-refractivity contribution >= 4 is 41.3 Å². The molecular formula is C23H30IN5OS. The minimum atomic E-state index is 0. The van der Waals surface area contributed by atoms with Crippen molar-refractivity contribution in [1.29, 1.82) is 0 Å². The Morgan fingerprint density at radius 1 is 1.10 bits per heavy atom. The van der Waals surface area contributed by atoms with Crippen LogP contribution in [0.4, 0.5) is 0 Å². The lowest BCUT2D eigenvalue weighted by molar-refractivity contribution is 0.759. The molecule has 2 aromatic heterocycles. The molecule has 0 atom stereocenters. The van der Waals surface area contributed by atoms with Gasteiger partial charge in [-0.3, -0.25) is 4.79 Å². The maximum atomic E-state index is 11.9. The number of thiazole rings is 1. The lowest BCUT2D eigenvalue weighted by atomic mass is 10.1. The van der Waals surface area contributed by atoms with Crippen LogP contribution in [0.5, 0.6) is 0 Å². The highest BCUT2D eigenvalue weighted by molar-refractivity contribution is 14.0. The summed E-state index contributed by atoms with van der Waals surface area (Å²) in [4.78, 5) is 22.3. The van der Waals surface area contributed by atoms with Crippen molar-refractivity contribution in [3.8, 4) is 0 Å². The first-order valence-corrected chi connectivity index (χ1v) is 11.2. The Labute approximate surface area is 204 Å². The first-order valence-electron chi connectivity index (χ1n) is 10.4. The molecule has 31 heavy (non-hydrogen) atoms. The number of aromatic nitrogens is 2. The monoisotopic (exact) mass is 551 g/mol. The zero-order chi connectivity index (χ0) is 21.2. The normalized spacial score (nSPS) is 11.1.